The standard InChI is InChI=1S/C10H13NO5/c1-6(12)16-10(2,3)8(13)7(5-11)9(14)15-4/h13H,1-4H3/b8-7+. The van der Waals surface area contributed by atoms with E-state index in [2.05, 4.69) is 4.74 Å². The number of carbonyl (C=O) groups excluding carboxylic acids is 2. The Morgan fingerprint density at radius 1 is 1.38 bits per heavy atom. The Bertz CT molecular complexity index is 375. The van der Waals surface area contributed by atoms with Crippen LogP contribution in [0, 0.1) is 11.3 Å². The van der Waals surface area contributed by atoms with Crippen molar-refractivity contribution >= 4 is 11.9 Å². The van der Waals surface area contributed by atoms with Gasteiger partial charge in [0.2, 0.25) is 0 Å². The molecule has 0 aromatic carbocycles. The zero-order valence-electron chi connectivity index (χ0n) is 9.53. The van der Waals surface area contributed by atoms with Crippen LogP contribution in [0.15, 0.2) is 11.3 Å². The molecule has 0 fully saturated rings. The summed E-state index contributed by atoms with van der Waals surface area (Å²) in [6.07, 6.45) is 0. The maximum Gasteiger partial charge on any atom is 0.352 e. The van der Waals surface area contributed by atoms with Crippen molar-refractivity contribution in [2.75, 3.05) is 7.11 Å². The Morgan fingerprint density at radius 2 is 1.88 bits per heavy atom. The number of nitriles is 1. The van der Waals surface area contributed by atoms with Crippen molar-refractivity contribution < 1.29 is 24.2 Å². The third-order valence-electron chi connectivity index (χ3n) is 1.71. The minimum absolute atomic E-state index is 0.589. The Kier molecular flexibility index (Phi) is 4.51. The SMILES string of the molecule is COC(=O)/C(C#N)=C(/O)C(C)(C)OC(C)=O. The van der Waals surface area contributed by atoms with E-state index in [0.717, 1.165) is 14.0 Å². The number of aliphatic hydroxyl groups is 1. The highest BCUT2D eigenvalue weighted by atomic mass is 16.6. The van der Waals surface area contributed by atoms with Crippen molar-refractivity contribution in [2.24, 2.45) is 0 Å². The maximum absolute atomic E-state index is 11.1. The lowest BCUT2D eigenvalue weighted by Crippen LogP contribution is -2.31. The van der Waals surface area contributed by atoms with Crippen molar-refractivity contribution in [1.29, 1.82) is 5.26 Å². The van der Waals surface area contributed by atoms with Gasteiger partial charge in [0.1, 0.15) is 6.07 Å². The fraction of sp³-hybridized carbons (Fsp3) is 0.500. The average molecular weight is 227 g/mol. The lowest BCUT2D eigenvalue weighted by molar-refractivity contribution is -0.153. The van der Waals surface area contributed by atoms with E-state index in [-0.39, 0.29) is 0 Å². The average Bonchev–Trinajstić information content (AvgIpc) is 2.16. The van der Waals surface area contributed by atoms with Gasteiger partial charge in [-0.15, -0.1) is 0 Å². The van der Waals surface area contributed by atoms with E-state index in [1.807, 2.05) is 0 Å². The first-order valence-electron chi connectivity index (χ1n) is 4.38. The van der Waals surface area contributed by atoms with Crippen LogP contribution in [0.1, 0.15) is 20.8 Å². The van der Waals surface area contributed by atoms with Gasteiger partial charge in [-0.2, -0.15) is 5.26 Å². The lowest BCUT2D eigenvalue weighted by atomic mass is 10.0. The summed E-state index contributed by atoms with van der Waals surface area (Å²) in [4.78, 5) is 21.9. The number of carbonyl (C=O) groups is 2. The van der Waals surface area contributed by atoms with Gasteiger partial charge < -0.3 is 14.6 Å². The van der Waals surface area contributed by atoms with Crippen LogP contribution >= 0.6 is 0 Å². The summed E-state index contributed by atoms with van der Waals surface area (Å²) in [6.45, 7) is 3.85. The highest BCUT2D eigenvalue weighted by molar-refractivity contribution is 5.93. The van der Waals surface area contributed by atoms with Crippen LogP contribution in [-0.2, 0) is 19.1 Å². The molecule has 6 heteroatoms. The third-order valence-corrected chi connectivity index (χ3v) is 1.71. The van der Waals surface area contributed by atoms with Gasteiger partial charge in [-0.05, 0) is 13.8 Å². The first-order chi connectivity index (χ1) is 7.26. The summed E-state index contributed by atoms with van der Waals surface area (Å²) in [5.74, 6) is -2.27. The summed E-state index contributed by atoms with van der Waals surface area (Å²) in [6, 6.07) is 1.50. The van der Waals surface area contributed by atoms with Gasteiger partial charge in [-0.3, -0.25) is 4.79 Å². The van der Waals surface area contributed by atoms with Crippen LogP contribution in [0.5, 0.6) is 0 Å². The number of aliphatic hydroxyl groups excluding tert-OH is 1. The van der Waals surface area contributed by atoms with Gasteiger partial charge in [0.25, 0.3) is 0 Å². The molecule has 0 unspecified atom stereocenters. The minimum Gasteiger partial charge on any atom is -0.507 e. The van der Waals surface area contributed by atoms with E-state index in [9.17, 15) is 14.7 Å². The van der Waals surface area contributed by atoms with E-state index >= 15 is 0 Å². The topological polar surface area (TPSA) is 96.6 Å². The summed E-state index contributed by atoms with van der Waals surface area (Å²) in [5, 5.41) is 18.4. The predicted octanol–water partition coefficient (Wildman–Crippen LogP) is 0.837. The van der Waals surface area contributed by atoms with Crippen molar-refractivity contribution in [3.8, 4) is 6.07 Å². The van der Waals surface area contributed by atoms with Crippen molar-refractivity contribution in [1.82, 2.24) is 0 Å². The van der Waals surface area contributed by atoms with Crippen LogP contribution in [0.3, 0.4) is 0 Å². The fourth-order valence-electron chi connectivity index (χ4n) is 1.01. The first kappa shape index (κ1) is 14.0. The molecular formula is C10H13NO5. The van der Waals surface area contributed by atoms with Crippen LogP contribution in [0.2, 0.25) is 0 Å². The second-order valence-electron chi connectivity index (χ2n) is 3.43. The van der Waals surface area contributed by atoms with E-state index in [0.29, 0.717) is 0 Å². The number of rotatable bonds is 3. The molecule has 0 saturated heterocycles. The summed E-state index contributed by atoms with van der Waals surface area (Å²) in [7, 11) is 1.08. The number of ether oxygens (including phenoxy) is 2. The van der Waals surface area contributed by atoms with Gasteiger partial charge in [0, 0.05) is 6.92 Å². The molecule has 0 aliphatic carbocycles. The highest BCUT2D eigenvalue weighted by Gasteiger charge is 2.32. The molecule has 0 aromatic rings. The zero-order valence-corrected chi connectivity index (χ0v) is 9.53. The molecule has 6 nitrogen and oxygen atoms in total. The molecule has 1 N–H and O–H groups in total. The first-order valence-corrected chi connectivity index (χ1v) is 4.38. The summed E-state index contributed by atoms with van der Waals surface area (Å²) in [5.41, 5.74) is -2.04. The third kappa shape index (κ3) is 3.28. The molecule has 0 heterocycles. The smallest absolute Gasteiger partial charge is 0.352 e. The minimum atomic E-state index is -1.45. The molecule has 0 amide bonds. The van der Waals surface area contributed by atoms with Crippen LogP contribution < -0.4 is 0 Å². The van der Waals surface area contributed by atoms with E-state index in [1.165, 1.54) is 19.9 Å². The molecule has 0 aliphatic rings. The number of nitrogens with zero attached hydrogens (tertiary/aromatic N) is 1. The number of hydrogen-bond donors (Lipinski definition) is 1. The maximum atomic E-state index is 11.1. The fourth-order valence-corrected chi connectivity index (χ4v) is 1.01. The quantitative estimate of drug-likeness (QED) is 0.332. The number of esters is 2. The normalized spacial score (nSPS) is 12.2. The molecule has 0 spiro atoms. The summed E-state index contributed by atoms with van der Waals surface area (Å²) < 4.78 is 9.08. The Labute approximate surface area is 93.1 Å². The van der Waals surface area contributed by atoms with Crippen molar-refractivity contribution in [2.45, 2.75) is 26.4 Å². The largest absolute Gasteiger partial charge is 0.507 e. The van der Waals surface area contributed by atoms with Gasteiger partial charge in [0.05, 0.1) is 7.11 Å². The molecule has 0 aromatic heterocycles. The summed E-state index contributed by atoms with van der Waals surface area (Å²) >= 11 is 0. The lowest BCUT2D eigenvalue weighted by Gasteiger charge is -2.23. The van der Waals surface area contributed by atoms with Gasteiger partial charge >= 0.3 is 11.9 Å². The Balaban J connectivity index is 5.34. The van der Waals surface area contributed by atoms with Gasteiger partial charge in [0.15, 0.2) is 16.9 Å². The van der Waals surface area contributed by atoms with E-state index < -0.39 is 28.9 Å². The van der Waals surface area contributed by atoms with E-state index in [1.54, 1.807) is 0 Å². The molecule has 0 rings (SSSR count). The molecule has 0 aliphatic heterocycles. The monoisotopic (exact) mass is 227 g/mol. The molecule has 0 bridgehead atoms. The molecular weight excluding hydrogens is 214 g/mol. The Morgan fingerprint density at radius 3 is 2.19 bits per heavy atom. The van der Waals surface area contributed by atoms with Crippen LogP contribution in [0.4, 0.5) is 0 Å². The van der Waals surface area contributed by atoms with Gasteiger partial charge in [-0.1, -0.05) is 0 Å². The van der Waals surface area contributed by atoms with Crippen LogP contribution in [0.25, 0.3) is 0 Å². The molecule has 0 saturated carbocycles. The molecule has 0 atom stereocenters. The second-order valence-corrected chi connectivity index (χ2v) is 3.43. The van der Waals surface area contributed by atoms with Crippen LogP contribution in [-0.4, -0.2) is 29.8 Å². The molecule has 88 valence electrons. The van der Waals surface area contributed by atoms with Crippen molar-refractivity contribution in [3.05, 3.63) is 11.3 Å². The number of hydrogen-bond acceptors (Lipinski definition) is 6. The Hall–Kier alpha value is -2.03. The van der Waals surface area contributed by atoms with Gasteiger partial charge in [-0.25, -0.2) is 4.79 Å². The molecule has 0 radical (unpaired) electrons. The number of methoxy groups -OCH3 is 1. The van der Waals surface area contributed by atoms with Crippen molar-refractivity contribution in [3.63, 3.8) is 0 Å². The predicted molar refractivity (Wildman–Crippen MR) is 53.1 cm³/mol. The second kappa shape index (κ2) is 5.16. The van der Waals surface area contributed by atoms with E-state index in [4.69, 9.17) is 10.00 Å². The highest BCUT2D eigenvalue weighted by Crippen LogP contribution is 2.22. The zero-order chi connectivity index (χ0) is 12.9. The molecule has 16 heavy (non-hydrogen) atoms.